The van der Waals surface area contributed by atoms with E-state index in [9.17, 15) is 9.35 Å². The van der Waals surface area contributed by atoms with Gasteiger partial charge in [0, 0.05) is 46.8 Å². The molecular formula is C16H31N3O5S12. The molecule has 0 aromatic carbocycles. The predicted molar refractivity (Wildman–Crippen MR) is 186 cm³/mol. The smallest absolute Gasteiger partial charge is 0.280 e. The van der Waals surface area contributed by atoms with E-state index in [1.807, 2.05) is 47.0 Å². The average molecular weight is 730 g/mol. The number of amides is 1. The maximum absolute atomic E-state index is 11.8. The van der Waals surface area contributed by atoms with Gasteiger partial charge in [-0.1, -0.05) is 23.5 Å². The summed E-state index contributed by atoms with van der Waals surface area (Å²) in [4.78, 5) is 29.2. The molecule has 0 spiro atoms. The zero-order valence-corrected chi connectivity index (χ0v) is 29.1. The van der Waals surface area contributed by atoms with Crippen molar-refractivity contribution in [3.8, 4) is 0 Å². The van der Waals surface area contributed by atoms with Gasteiger partial charge in [0.1, 0.15) is 5.94 Å². The van der Waals surface area contributed by atoms with Crippen molar-refractivity contribution in [3.05, 3.63) is 0 Å². The van der Waals surface area contributed by atoms with E-state index in [-0.39, 0.29) is 17.1 Å². The van der Waals surface area contributed by atoms with Gasteiger partial charge < -0.3 is 19.9 Å². The molecule has 0 rings (SSSR count). The Hall–Kier alpha value is 2.69. The Kier molecular flexibility index (Phi) is 36.4. The SMILES string of the molecule is O=C(NCSCSCSCSC/N=C/OOCSCO)SCSCSCSCSC[S+]([O-])/C=N/CS. The van der Waals surface area contributed by atoms with Crippen LogP contribution in [0, 0.1) is 0 Å². The van der Waals surface area contributed by atoms with Crippen molar-refractivity contribution in [2.24, 2.45) is 9.98 Å². The van der Waals surface area contributed by atoms with Crippen LogP contribution in [0.25, 0.3) is 0 Å². The van der Waals surface area contributed by atoms with E-state index in [4.69, 9.17) is 14.9 Å². The second kappa shape index (κ2) is 33.9. The largest absolute Gasteiger partial charge is 0.610 e. The van der Waals surface area contributed by atoms with Crippen LogP contribution in [-0.4, -0.2) is 97.0 Å². The minimum Gasteiger partial charge on any atom is -0.610 e. The monoisotopic (exact) mass is 729 g/mol. The van der Waals surface area contributed by atoms with E-state index in [2.05, 4.69) is 27.9 Å². The Morgan fingerprint density at radius 1 is 0.917 bits per heavy atom. The summed E-state index contributed by atoms with van der Waals surface area (Å²) in [6.45, 7) is 0. The number of carbonyl (C=O) groups is 1. The lowest BCUT2D eigenvalue weighted by Crippen LogP contribution is -2.17. The standard InChI is InChI=1S/C16H31N3O5S12/c20-6-28-7-24-23-1-17-3-26-8-29-10-30-9-27-4-19-16(21)35-14-33-12-31-11-32-13-34-15-36(22)5-18-2-25/h1,5,20,25H,2-4,6-15H2,(H,19,21)/b17-1+,18-5+. The highest BCUT2D eigenvalue weighted by Crippen LogP contribution is 2.24. The molecule has 2 N–H and O–H groups in total. The van der Waals surface area contributed by atoms with Gasteiger partial charge in [0.2, 0.25) is 11.9 Å². The molecule has 20 heteroatoms. The summed E-state index contributed by atoms with van der Waals surface area (Å²) in [7, 11) is 0. The molecule has 0 saturated carbocycles. The summed E-state index contributed by atoms with van der Waals surface area (Å²) >= 11 is 19.6. The third-order valence-electron chi connectivity index (χ3n) is 2.64. The minimum absolute atomic E-state index is 0.000147. The molecule has 1 atom stereocenters. The first-order chi connectivity index (χ1) is 17.7. The van der Waals surface area contributed by atoms with Gasteiger partial charge in [-0.15, -0.1) is 94.1 Å². The molecule has 0 heterocycles. The highest BCUT2D eigenvalue weighted by Gasteiger charge is 2.03. The van der Waals surface area contributed by atoms with E-state index < -0.39 is 11.2 Å². The zero-order valence-electron chi connectivity index (χ0n) is 19.3. The first-order valence-corrected chi connectivity index (χ1v) is 23.1. The average Bonchev–Trinajstić information content (AvgIpc) is 2.88. The Morgan fingerprint density at radius 2 is 1.56 bits per heavy atom. The van der Waals surface area contributed by atoms with Crippen LogP contribution in [0.15, 0.2) is 9.98 Å². The van der Waals surface area contributed by atoms with Crippen molar-refractivity contribution in [3.63, 3.8) is 0 Å². The summed E-state index contributed by atoms with van der Waals surface area (Å²) in [5.74, 6) is 1.88. The van der Waals surface area contributed by atoms with Crippen LogP contribution >= 0.6 is 130 Å². The summed E-state index contributed by atoms with van der Waals surface area (Å²) in [6, 6.07) is 0. The van der Waals surface area contributed by atoms with E-state index in [0.29, 0.717) is 22.7 Å². The molecule has 0 fully saturated rings. The number of aliphatic hydroxyl groups excluding tert-OH is 1. The number of aliphatic hydroxyl groups is 1. The zero-order chi connectivity index (χ0) is 26.4. The number of hydrogen-bond donors (Lipinski definition) is 3. The van der Waals surface area contributed by atoms with Crippen LogP contribution in [0.4, 0.5) is 4.79 Å². The van der Waals surface area contributed by atoms with Gasteiger partial charge in [-0.3, -0.25) is 4.79 Å². The quantitative estimate of drug-likeness (QED) is 0.0131. The second-order valence-electron chi connectivity index (χ2n) is 5.22. The van der Waals surface area contributed by atoms with Crippen molar-refractivity contribution >= 4 is 159 Å². The third-order valence-corrected chi connectivity index (χ3v) is 15.5. The van der Waals surface area contributed by atoms with Gasteiger partial charge in [0.15, 0.2) is 5.08 Å². The molecule has 1 amide bonds. The molecule has 212 valence electrons. The Bertz CT molecular complexity index is 545. The fourth-order valence-corrected chi connectivity index (χ4v) is 13.1. The fraction of sp³-hybridized carbons (Fsp3) is 0.812. The molecule has 0 saturated heterocycles. The number of carbonyl (C=O) groups excluding carboxylic acids is 1. The van der Waals surface area contributed by atoms with E-state index in [0.717, 1.165) is 35.6 Å². The number of nitrogens with one attached hydrogen (secondary N) is 1. The molecule has 0 aliphatic carbocycles. The number of nitrogens with zero attached hydrogens (tertiary/aromatic N) is 2. The lowest BCUT2D eigenvalue weighted by atomic mass is 11.2. The van der Waals surface area contributed by atoms with Crippen molar-refractivity contribution in [2.45, 2.75) is 0 Å². The maximum atomic E-state index is 11.8. The van der Waals surface area contributed by atoms with Crippen LogP contribution in [-0.2, 0) is 21.0 Å². The first kappa shape index (κ1) is 38.7. The van der Waals surface area contributed by atoms with Crippen LogP contribution in [0.3, 0.4) is 0 Å². The first-order valence-electron chi connectivity index (χ1n) is 9.66. The minimum atomic E-state index is -1.01. The summed E-state index contributed by atoms with van der Waals surface area (Å²) in [5, 5.41) is 18.6. The Morgan fingerprint density at radius 3 is 2.25 bits per heavy atom. The highest BCUT2D eigenvalue weighted by molar-refractivity contribution is 8.30. The van der Waals surface area contributed by atoms with E-state index >= 15 is 0 Å². The van der Waals surface area contributed by atoms with Gasteiger partial charge in [-0.25, -0.2) is 9.98 Å². The van der Waals surface area contributed by atoms with Crippen LogP contribution in [0.2, 0.25) is 0 Å². The number of aliphatic imine (C=N–C) groups is 2. The van der Waals surface area contributed by atoms with Crippen molar-refractivity contribution in [2.75, 3.05) is 70.2 Å². The van der Waals surface area contributed by atoms with E-state index in [1.165, 1.54) is 35.5 Å². The third kappa shape index (κ3) is 32.9. The lowest BCUT2D eigenvalue weighted by Gasteiger charge is -2.05. The summed E-state index contributed by atoms with van der Waals surface area (Å²) in [6.07, 6.45) is 1.27. The summed E-state index contributed by atoms with van der Waals surface area (Å²) < 4.78 is 11.5. The Labute approximate surface area is 265 Å². The number of hydrogen-bond acceptors (Lipinski definition) is 18. The Balaban J connectivity index is 3.24. The molecule has 0 bridgehead atoms. The van der Waals surface area contributed by atoms with Gasteiger partial charge in [0.05, 0.1) is 23.6 Å². The molecule has 0 aliphatic rings. The van der Waals surface area contributed by atoms with Gasteiger partial charge in [-0.2, -0.15) is 17.5 Å². The lowest BCUT2D eigenvalue weighted by molar-refractivity contribution is -0.196. The summed E-state index contributed by atoms with van der Waals surface area (Å²) in [5.41, 5.74) is 1.46. The molecule has 0 aliphatic heterocycles. The molecule has 36 heavy (non-hydrogen) atoms. The maximum Gasteiger partial charge on any atom is 0.280 e. The van der Waals surface area contributed by atoms with Crippen molar-refractivity contribution in [1.29, 1.82) is 0 Å². The highest BCUT2D eigenvalue weighted by atomic mass is 32.3. The van der Waals surface area contributed by atoms with Crippen LogP contribution in [0.1, 0.15) is 0 Å². The number of thiol groups is 1. The topological polar surface area (TPSA) is 116 Å². The van der Waals surface area contributed by atoms with Gasteiger partial charge >= 0.3 is 0 Å². The van der Waals surface area contributed by atoms with Crippen LogP contribution in [0.5, 0.6) is 0 Å². The normalized spacial score (nSPS) is 12.5. The molecule has 0 aromatic heterocycles. The van der Waals surface area contributed by atoms with E-state index in [1.54, 1.807) is 47.0 Å². The molecule has 0 aromatic rings. The predicted octanol–water partition coefficient (Wildman–Crippen LogP) is 6.15. The molecule has 1 unspecified atom stereocenters. The van der Waals surface area contributed by atoms with Crippen molar-refractivity contribution < 1.29 is 24.2 Å². The number of thioether (sulfide) groups is 10. The van der Waals surface area contributed by atoms with Crippen molar-refractivity contribution in [1.82, 2.24) is 5.32 Å². The van der Waals surface area contributed by atoms with Crippen LogP contribution < -0.4 is 5.32 Å². The van der Waals surface area contributed by atoms with Gasteiger partial charge in [0.25, 0.3) is 5.24 Å². The second-order valence-corrected chi connectivity index (χ2v) is 19.4. The fourth-order valence-electron chi connectivity index (χ4n) is 1.36. The molecular weight excluding hydrogens is 699 g/mol. The molecule has 8 nitrogen and oxygen atoms in total. The number of rotatable bonds is 27. The molecule has 0 radical (unpaired) electrons. The van der Waals surface area contributed by atoms with Gasteiger partial charge in [-0.05, 0) is 0 Å².